The molecule has 0 aliphatic rings. The third kappa shape index (κ3) is 3.89. The largest absolute Gasteiger partial charge is 0.335 e. The highest BCUT2D eigenvalue weighted by atomic mass is 16.2. The Morgan fingerprint density at radius 1 is 0.731 bits per heavy atom. The van der Waals surface area contributed by atoms with Gasteiger partial charge in [-0.3, -0.25) is 9.59 Å². The van der Waals surface area contributed by atoms with Gasteiger partial charge < -0.3 is 4.90 Å². The van der Waals surface area contributed by atoms with Crippen molar-refractivity contribution in [2.45, 2.75) is 13.5 Å². The highest BCUT2D eigenvalue weighted by molar-refractivity contribution is 6.15. The minimum absolute atomic E-state index is 0.128. The molecule has 3 rings (SSSR count). The van der Waals surface area contributed by atoms with Crippen molar-refractivity contribution in [1.82, 2.24) is 4.90 Å². The van der Waals surface area contributed by atoms with E-state index in [9.17, 15) is 9.59 Å². The van der Waals surface area contributed by atoms with E-state index in [2.05, 4.69) is 0 Å². The molecule has 130 valence electrons. The Labute approximate surface area is 153 Å². The fourth-order valence-electron chi connectivity index (χ4n) is 2.91. The van der Waals surface area contributed by atoms with Crippen LogP contribution in [-0.4, -0.2) is 23.1 Å². The highest BCUT2D eigenvalue weighted by Crippen LogP contribution is 2.18. The van der Waals surface area contributed by atoms with E-state index in [1.807, 2.05) is 55.5 Å². The maximum atomic E-state index is 13.1. The van der Waals surface area contributed by atoms with Gasteiger partial charge in [0.05, 0.1) is 5.56 Å². The number of ketones is 1. The first-order valence-electron chi connectivity index (χ1n) is 8.72. The van der Waals surface area contributed by atoms with E-state index in [1.54, 1.807) is 41.3 Å². The zero-order chi connectivity index (χ0) is 18.4. The molecule has 0 bridgehead atoms. The van der Waals surface area contributed by atoms with E-state index in [4.69, 9.17) is 0 Å². The van der Waals surface area contributed by atoms with Crippen LogP contribution in [0.3, 0.4) is 0 Å². The lowest BCUT2D eigenvalue weighted by molar-refractivity contribution is 0.0748. The number of carbonyl (C=O) groups is 2. The summed E-state index contributed by atoms with van der Waals surface area (Å²) in [5, 5.41) is 0. The summed E-state index contributed by atoms with van der Waals surface area (Å²) in [6.45, 7) is 3.04. The maximum absolute atomic E-state index is 13.1. The summed E-state index contributed by atoms with van der Waals surface area (Å²) < 4.78 is 0. The summed E-state index contributed by atoms with van der Waals surface area (Å²) >= 11 is 0. The lowest BCUT2D eigenvalue weighted by atomic mass is 9.97. The Kier molecular flexibility index (Phi) is 5.59. The van der Waals surface area contributed by atoms with Crippen LogP contribution in [-0.2, 0) is 6.54 Å². The van der Waals surface area contributed by atoms with Crippen LogP contribution in [0.2, 0.25) is 0 Å². The molecule has 1 amide bonds. The topological polar surface area (TPSA) is 37.4 Å². The van der Waals surface area contributed by atoms with Gasteiger partial charge in [0.2, 0.25) is 0 Å². The molecule has 0 aliphatic heterocycles. The first kappa shape index (κ1) is 17.6. The predicted molar refractivity (Wildman–Crippen MR) is 103 cm³/mol. The lowest BCUT2D eigenvalue weighted by Crippen LogP contribution is -2.31. The van der Waals surface area contributed by atoms with E-state index in [-0.39, 0.29) is 11.7 Å². The van der Waals surface area contributed by atoms with Crippen LogP contribution in [0.5, 0.6) is 0 Å². The molecule has 0 saturated heterocycles. The van der Waals surface area contributed by atoms with Crippen LogP contribution in [0.15, 0.2) is 84.9 Å². The Morgan fingerprint density at radius 3 is 1.88 bits per heavy atom. The first-order chi connectivity index (χ1) is 12.7. The van der Waals surface area contributed by atoms with Crippen LogP contribution in [0.25, 0.3) is 0 Å². The minimum Gasteiger partial charge on any atom is -0.335 e. The Hall–Kier alpha value is -3.20. The maximum Gasteiger partial charge on any atom is 0.254 e. The molecule has 0 aromatic heterocycles. The van der Waals surface area contributed by atoms with E-state index in [0.29, 0.717) is 29.8 Å². The minimum atomic E-state index is -0.134. The lowest BCUT2D eigenvalue weighted by Gasteiger charge is -2.22. The van der Waals surface area contributed by atoms with Crippen molar-refractivity contribution in [3.8, 4) is 0 Å². The Balaban J connectivity index is 1.91. The summed E-state index contributed by atoms with van der Waals surface area (Å²) in [5.41, 5.74) is 2.53. The zero-order valence-electron chi connectivity index (χ0n) is 14.8. The van der Waals surface area contributed by atoms with Crippen molar-refractivity contribution < 1.29 is 9.59 Å². The molecular weight excluding hydrogens is 322 g/mol. The number of amides is 1. The van der Waals surface area contributed by atoms with Gasteiger partial charge in [0.15, 0.2) is 5.78 Å². The quantitative estimate of drug-likeness (QED) is 0.614. The molecule has 0 saturated carbocycles. The molecule has 3 aromatic carbocycles. The van der Waals surface area contributed by atoms with Gasteiger partial charge in [-0.15, -0.1) is 0 Å². The summed E-state index contributed by atoms with van der Waals surface area (Å²) in [7, 11) is 0. The fourth-order valence-corrected chi connectivity index (χ4v) is 2.91. The number of benzene rings is 3. The molecule has 3 heteroatoms. The van der Waals surface area contributed by atoms with Crippen LogP contribution >= 0.6 is 0 Å². The molecule has 0 fully saturated rings. The van der Waals surface area contributed by atoms with Crippen molar-refractivity contribution in [3.05, 3.63) is 107 Å². The average Bonchev–Trinajstić information content (AvgIpc) is 2.72. The van der Waals surface area contributed by atoms with Crippen LogP contribution < -0.4 is 0 Å². The van der Waals surface area contributed by atoms with E-state index >= 15 is 0 Å². The molecule has 0 aliphatic carbocycles. The Morgan fingerprint density at radius 2 is 1.27 bits per heavy atom. The van der Waals surface area contributed by atoms with Crippen molar-refractivity contribution >= 4 is 11.7 Å². The van der Waals surface area contributed by atoms with Crippen molar-refractivity contribution in [2.24, 2.45) is 0 Å². The summed E-state index contributed by atoms with van der Waals surface area (Å²) in [5.74, 6) is -0.262. The van der Waals surface area contributed by atoms with Crippen molar-refractivity contribution in [2.75, 3.05) is 6.54 Å². The third-order valence-electron chi connectivity index (χ3n) is 4.32. The van der Waals surface area contributed by atoms with Gasteiger partial charge in [-0.25, -0.2) is 0 Å². The summed E-state index contributed by atoms with van der Waals surface area (Å²) in [6.07, 6.45) is 0. The van der Waals surface area contributed by atoms with Crippen LogP contribution in [0.1, 0.15) is 38.8 Å². The van der Waals surface area contributed by atoms with Gasteiger partial charge in [-0.1, -0.05) is 78.9 Å². The van der Waals surface area contributed by atoms with Gasteiger partial charge >= 0.3 is 0 Å². The number of hydrogen-bond donors (Lipinski definition) is 0. The molecule has 0 atom stereocenters. The second kappa shape index (κ2) is 8.26. The SMILES string of the molecule is CCN(Cc1ccccc1)C(=O)c1ccccc1C(=O)c1ccccc1. The molecule has 3 aromatic rings. The van der Waals surface area contributed by atoms with Crippen LogP contribution in [0, 0.1) is 0 Å². The molecule has 0 heterocycles. The molecule has 0 N–H and O–H groups in total. The number of hydrogen-bond acceptors (Lipinski definition) is 2. The summed E-state index contributed by atoms with van der Waals surface area (Å²) in [6, 6.07) is 26.0. The number of nitrogens with zero attached hydrogens (tertiary/aromatic N) is 1. The van der Waals surface area contributed by atoms with E-state index in [0.717, 1.165) is 5.56 Å². The number of carbonyl (C=O) groups excluding carboxylic acids is 2. The smallest absolute Gasteiger partial charge is 0.254 e. The fraction of sp³-hybridized carbons (Fsp3) is 0.130. The standard InChI is InChI=1S/C23H21NO2/c1-2-24(17-18-11-5-3-6-12-18)23(26)21-16-10-9-15-20(21)22(25)19-13-7-4-8-14-19/h3-16H,2,17H2,1H3. The average molecular weight is 343 g/mol. The zero-order valence-corrected chi connectivity index (χ0v) is 14.8. The molecule has 0 unspecified atom stereocenters. The van der Waals surface area contributed by atoms with Crippen molar-refractivity contribution in [1.29, 1.82) is 0 Å². The highest BCUT2D eigenvalue weighted by Gasteiger charge is 2.21. The van der Waals surface area contributed by atoms with Gasteiger partial charge in [-0.05, 0) is 18.6 Å². The van der Waals surface area contributed by atoms with Gasteiger partial charge in [-0.2, -0.15) is 0 Å². The molecule has 0 spiro atoms. The second-order valence-corrected chi connectivity index (χ2v) is 6.05. The van der Waals surface area contributed by atoms with Gasteiger partial charge in [0.1, 0.15) is 0 Å². The van der Waals surface area contributed by atoms with E-state index < -0.39 is 0 Å². The monoisotopic (exact) mass is 343 g/mol. The van der Waals surface area contributed by atoms with Crippen molar-refractivity contribution in [3.63, 3.8) is 0 Å². The first-order valence-corrected chi connectivity index (χ1v) is 8.72. The van der Waals surface area contributed by atoms with E-state index in [1.165, 1.54) is 0 Å². The van der Waals surface area contributed by atoms with Crippen LogP contribution in [0.4, 0.5) is 0 Å². The number of rotatable bonds is 6. The van der Waals surface area contributed by atoms with Gasteiger partial charge in [0.25, 0.3) is 5.91 Å². The summed E-state index contributed by atoms with van der Waals surface area (Å²) in [4.78, 5) is 27.7. The molecule has 26 heavy (non-hydrogen) atoms. The predicted octanol–water partition coefficient (Wildman–Crippen LogP) is 4.58. The molecular formula is C23H21NO2. The van der Waals surface area contributed by atoms with Gasteiger partial charge in [0, 0.05) is 24.2 Å². The third-order valence-corrected chi connectivity index (χ3v) is 4.32. The molecule has 3 nitrogen and oxygen atoms in total. The molecule has 0 radical (unpaired) electrons. The second-order valence-electron chi connectivity index (χ2n) is 6.05. The Bertz CT molecular complexity index is 888. The normalized spacial score (nSPS) is 10.3.